The molecular formula is C14H10BrCl2NO4. The van der Waals surface area contributed by atoms with Crippen molar-refractivity contribution in [1.29, 1.82) is 0 Å². The molecule has 0 unspecified atom stereocenters. The number of hydrogen-bond acceptors (Lipinski definition) is 4. The normalized spacial score (nSPS) is 10.3. The lowest BCUT2D eigenvalue weighted by atomic mass is 10.2. The number of rotatable bonds is 5. The summed E-state index contributed by atoms with van der Waals surface area (Å²) in [7, 11) is 0. The Morgan fingerprint density at radius 3 is 2.59 bits per heavy atom. The lowest BCUT2D eigenvalue weighted by Crippen LogP contribution is -2.30. The molecule has 116 valence electrons. The van der Waals surface area contributed by atoms with Crippen molar-refractivity contribution in [2.45, 2.75) is 6.61 Å². The van der Waals surface area contributed by atoms with Gasteiger partial charge in [0.15, 0.2) is 10.4 Å². The molecule has 8 heteroatoms. The van der Waals surface area contributed by atoms with Gasteiger partial charge in [0.1, 0.15) is 13.2 Å². The highest BCUT2D eigenvalue weighted by Gasteiger charge is 2.12. The molecule has 0 aliphatic carbocycles. The minimum Gasteiger partial charge on any atom is -0.460 e. The Bertz CT molecular complexity index is 702. The van der Waals surface area contributed by atoms with E-state index in [0.717, 1.165) is 0 Å². The van der Waals surface area contributed by atoms with Crippen molar-refractivity contribution in [3.8, 4) is 0 Å². The number of esters is 1. The van der Waals surface area contributed by atoms with Gasteiger partial charge in [0.05, 0.1) is 10.0 Å². The first-order valence-electron chi connectivity index (χ1n) is 6.09. The van der Waals surface area contributed by atoms with Gasteiger partial charge in [-0.15, -0.1) is 0 Å². The molecular weight excluding hydrogens is 397 g/mol. The minimum atomic E-state index is -0.579. The summed E-state index contributed by atoms with van der Waals surface area (Å²) in [5.41, 5.74) is 0.698. The first kappa shape index (κ1) is 16.9. The molecule has 22 heavy (non-hydrogen) atoms. The molecule has 0 fully saturated rings. The summed E-state index contributed by atoms with van der Waals surface area (Å²) in [4.78, 5) is 23.2. The van der Waals surface area contributed by atoms with Crippen LogP contribution in [-0.2, 0) is 16.1 Å². The van der Waals surface area contributed by atoms with Gasteiger partial charge < -0.3 is 14.5 Å². The van der Waals surface area contributed by atoms with Gasteiger partial charge in [0.25, 0.3) is 5.91 Å². The predicted molar refractivity (Wildman–Crippen MR) is 85.0 cm³/mol. The zero-order valence-electron chi connectivity index (χ0n) is 11.1. The van der Waals surface area contributed by atoms with Gasteiger partial charge in [-0.2, -0.15) is 0 Å². The standard InChI is InChI=1S/C14H10BrCl2NO4/c15-12-4-3-11(22-12)14(20)18-6-13(19)21-7-8-1-2-9(16)10(17)5-8/h1-5H,6-7H2,(H,18,20). The molecule has 1 N–H and O–H groups in total. The fourth-order valence-corrected chi connectivity index (χ4v) is 2.15. The SMILES string of the molecule is O=C(CNC(=O)c1ccc(Br)o1)OCc1ccc(Cl)c(Cl)c1. The van der Waals surface area contributed by atoms with Crippen molar-refractivity contribution in [2.24, 2.45) is 0 Å². The Kier molecular flexibility index (Phi) is 5.88. The maximum absolute atomic E-state index is 11.7. The van der Waals surface area contributed by atoms with Crippen molar-refractivity contribution >= 4 is 51.0 Å². The van der Waals surface area contributed by atoms with Crippen LogP contribution in [0.15, 0.2) is 39.4 Å². The van der Waals surface area contributed by atoms with Crippen LogP contribution in [0.25, 0.3) is 0 Å². The summed E-state index contributed by atoms with van der Waals surface area (Å²) in [5.74, 6) is -0.980. The van der Waals surface area contributed by atoms with Crippen molar-refractivity contribution in [3.05, 3.63) is 56.4 Å². The van der Waals surface area contributed by atoms with Gasteiger partial charge in [-0.3, -0.25) is 9.59 Å². The quantitative estimate of drug-likeness (QED) is 0.766. The molecule has 1 aromatic heterocycles. The summed E-state index contributed by atoms with van der Waals surface area (Å²) in [5, 5.41) is 3.20. The van der Waals surface area contributed by atoms with E-state index >= 15 is 0 Å². The van der Waals surface area contributed by atoms with Crippen molar-refractivity contribution in [3.63, 3.8) is 0 Å². The van der Waals surface area contributed by atoms with E-state index in [-0.39, 0.29) is 18.9 Å². The summed E-state index contributed by atoms with van der Waals surface area (Å²) < 4.78 is 10.5. The van der Waals surface area contributed by atoms with Crippen LogP contribution < -0.4 is 5.32 Å². The third kappa shape index (κ3) is 4.76. The summed E-state index contributed by atoms with van der Waals surface area (Å²) in [6.45, 7) is -0.226. The number of amides is 1. The Morgan fingerprint density at radius 1 is 1.18 bits per heavy atom. The second-order valence-electron chi connectivity index (χ2n) is 4.20. The van der Waals surface area contributed by atoms with Crippen LogP contribution in [0.4, 0.5) is 0 Å². The highest BCUT2D eigenvalue weighted by atomic mass is 79.9. The highest BCUT2D eigenvalue weighted by Crippen LogP contribution is 2.22. The second kappa shape index (κ2) is 7.67. The Balaban J connectivity index is 1.78. The van der Waals surface area contributed by atoms with Gasteiger partial charge in [-0.25, -0.2) is 0 Å². The van der Waals surface area contributed by atoms with Gasteiger partial charge in [-0.1, -0.05) is 29.3 Å². The molecule has 0 aliphatic rings. The van der Waals surface area contributed by atoms with Gasteiger partial charge in [0, 0.05) is 0 Å². The number of ether oxygens (including phenoxy) is 1. The van der Waals surface area contributed by atoms with E-state index < -0.39 is 11.9 Å². The Labute approximate surface area is 144 Å². The Hall–Kier alpha value is -1.50. The first-order valence-corrected chi connectivity index (χ1v) is 7.63. The number of nitrogens with one attached hydrogen (secondary N) is 1. The van der Waals surface area contributed by atoms with Crippen LogP contribution in [0.1, 0.15) is 16.1 Å². The van der Waals surface area contributed by atoms with E-state index in [2.05, 4.69) is 21.2 Å². The van der Waals surface area contributed by atoms with Gasteiger partial charge in [-0.05, 0) is 45.8 Å². The van der Waals surface area contributed by atoms with E-state index in [9.17, 15) is 9.59 Å². The largest absolute Gasteiger partial charge is 0.460 e. The minimum absolute atomic E-state index is 0.0396. The molecule has 0 atom stereocenters. The van der Waals surface area contributed by atoms with Gasteiger partial charge >= 0.3 is 5.97 Å². The maximum atomic E-state index is 11.7. The van der Waals surface area contributed by atoms with Crippen LogP contribution in [0.3, 0.4) is 0 Å². The monoisotopic (exact) mass is 405 g/mol. The number of furan rings is 1. The van der Waals surface area contributed by atoms with Crippen molar-refractivity contribution in [2.75, 3.05) is 6.54 Å². The van der Waals surface area contributed by atoms with E-state index in [4.69, 9.17) is 32.4 Å². The molecule has 2 aromatic rings. The highest BCUT2D eigenvalue weighted by molar-refractivity contribution is 9.10. The average molecular weight is 407 g/mol. The average Bonchev–Trinajstić information content (AvgIpc) is 2.92. The topological polar surface area (TPSA) is 68.5 Å². The first-order chi connectivity index (χ1) is 10.5. The molecule has 1 amide bonds. The summed E-state index contributed by atoms with van der Waals surface area (Å²) >= 11 is 14.7. The zero-order chi connectivity index (χ0) is 16.1. The van der Waals surface area contributed by atoms with Crippen LogP contribution in [0.2, 0.25) is 10.0 Å². The van der Waals surface area contributed by atoms with Crippen molar-refractivity contribution < 1.29 is 18.7 Å². The summed E-state index contributed by atoms with van der Waals surface area (Å²) in [6.07, 6.45) is 0. The molecule has 5 nitrogen and oxygen atoms in total. The number of benzene rings is 1. The molecule has 0 spiro atoms. The van der Waals surface area contributed by atoms with Crippen LogP contribution >= 0.6 is 39.1 Å². The zero-order valence-corrected chi connectivity index (χ0v) is 14.2. The molecule has 2 rings (SSSR count). The van der Waals surface area contributed by atoms with Crippen molar-refractivity contribution in [1.82, 2.24) is 5.32 Å². The van der Waals surface area contributed by atoms with Crippen LogP contribution in [0.5, 0.6) is 0 Å². The molecule has 0 aliphatic heterocycles. The lowest BCUT2D eigenvalue weighted by Gasteiger charge is -2.06. The third-order valence-corrected chi connectivity index (χ3v) is 3.74. The molecule has 1 heterocycles. The predicted octanol–water partition coefficient (Wildman–Crippen LogP) is 3.82. The van der Waals surface area contributed by atoms with E-state index in [1.807, 2.05) is 0 Å². The number of hydrogen-bond donors (Lipinski definition) is 1. The fraction of sp³-hybridized carbons (Fsp3) is 0.143. The van der Waals surface area contributed by atoms with Crippen LogP contribution in [-0.4, -0.2) is 18.4 Å². The second-order valence-corrected chi connectivity index (χ2v) is 5.79. The lowest BCUT2D eigenvalue weighted by molar-refractivity contribution is -0.143. The number of carbonyl (C=O) groups excluding carboxylic acids is 2. The number of carbonyl (C=O) groups is 2. The third-order valence-electron chi connectivity index (χ3n) is 2.57. The van der Waals surface area contributed by atoms with E-state index in [1.54, 1.807) is 24.3 Å². The molecule has 0 saturated heterocycles. The fourth-order valence-electron chi connectivity index (χ4n) is 1.52. The number of halogens is 3. The smallest absolute Gasteiger partial charge is 0.325 e. The molecule has 0 saturated carbocycles. The molecule has 0 bridgehead atoms. The van der Waals surface area contributed by atoms with Crippen LogP contribution in [0, 0.1) is 0 Å². The summed E-state index contributed by atoms with van der Waals surface area (Å²) in [6, 6.07) is 7.98. The van der Waals surface area contributed by atoms with E-state index in [0.29, 0.717) is 20.3 Å². The molecule has 0 radical (unpaired) electrons. The maximum Gasteiger partial charge on any atom is 0.325 e. The van der Waals surface area contributed by atoms with Gasteiger partial charge in [0.2, 0.25) is 0 Å². The molecule has 1 aromatic carbocycles. The van der Waals surface area contributed by atoms with E-state index in [1.165, 1.54) is 6.07 Å². The Morgan fingerprint density at radius 2 is 1.95 bits per heavy atom.